The van der Waals surface area contributed by atoms with E-state index in [1.165, 1.54) is 5.56 Å². The van der Waals surface area contributed by atoms with E-state index >= 15 is 0 Å². The summed E-state index contributed by atoms with van der Waals surface area (Å²) in [5.74, 6) is 0. The number of aryl methyl sites for hydroxylation is 1. The van der Waals surface area contributed by atoms with E-state index in [1.54, 1.807) is 7.11 Å². The smallest absolute Gasteiger partial charge is 0.0667 e. The molecule has 0 aliphatic carbocycles. The molecule has 78 valence electrons. The Morgan fingerprint density at radius 3 is 2.86 bits per heavy atom. The van der Waals surface area contributed by atoms with Gasteiger partial charge in [-0.05, 0) is 25.5 Å². The van der Waals surface area contributed by atoms with E-state index < -0.39 is 0 Å². The lowest BCUT2D eigenvalue weighted by Gasteiger charge is -2.10. The van der Waals surface area contributed by atoms with Crippen LogP contribution >= 0.6 is 0 Å². The van der Waals surface area contributed by atoms with Crippen molar-refractivity contribution in [1.82, 2.24) is 10.3 Å². The van der Waals surface area contributed by atoms with Crippen LogP contribution in [0, 0.1) is 6.92 Å². The molecule has 0 amide bonds. The Morgan fingerprint density at radius 2 is 2.29 bits per heavy atom. The molecule has 3 heteroatoms. The van der Waals surface area contributed by atoms with Crippen molar-refractivity contribution < 1.29 is 4.74 Å². The highest BCUT2D eigenvalue weighted by molar-refractivity contribution is 5.11. The van der Waals surface area contributed by atoms with E-state index in [-0.39, 0.29) is 6.10 Å². The molecule has 1 rings (SSSR count). The van der Waals surface area contributed by atoms with Crippen LogP contribution in [0.4, 0.5) is 0 Å². The third kappa shape index (κ3) is 3.85. The highest BCUT2D eigenvalue weighted by Gasteiger charge is 1.98. The van der Waals surface area contributed by atoms with Crippen molar-refractivity contribution in [3.05, 3.63) is 29.6 Å². The van der Waals surface area contributed by atoms with Gasteiger partial charge in [0.1, 0.15) is 0 Å². The van der Waals surface area contributed by atoms with Crippen molar-refractivity contribution in [2.75, 3.05) is 13.7 Å². The number of ether oxygens (including phenoxy) is 1. The fraction of sp³-hybridized carbons (Fsp3) is 0.545. The summed E-state index contributed by atoms with van der Waals surface area (Å²) in [5, 5.41) is 3.28. The summed E-state index contributed by atoms with van der Waals surface area (Å²) in [7, 11) is 1.72. The minimum absolute atomic E-state index is 0.250. The van der Waals surface area contributed by atoms with E-state index in [2.05, 4.69) is 16.4 Å². The Balaban J connectivity index is 2.28. The molecule has 1 N–H and O–H groups in total. The molecule has 0 fully saturated rings. The van der Waals surface area contributed by atoms with Gasteiger partial charge in [-0.1, -0.05) is 6.07 Å². The van der Waals surface area contributed by atoms with Gasteiger partial charge in [0.25, 0.3) is 0 Å². The van der Waals surface area contributed by atoms with E-state index in [0.29, 0.717) is 0 Å². The second-order valence-electron chi connectivity index (χ2n) is 3.50. The molecule has 14 heavy (non-hydrogen) atoms. The van der Waals surface area contributed by atoms with Gasteiger partial charge in [0, 0.05) is 26.4 Å². The van der Waals surface area contributed by atoms with Crippen LogP contribution in [-0.2, 0) is 11.3 Å². The molecule has 0 radical (unpaired) electrons. The standard InChI is InChI=1S/C11H18N2O/c1-9-4-5-11(13-6-9)8-12-7-10(2)14-3/h4-6,10,12H,7-8H2,1-3H3. The molecule has 1 aromatic heterocycles. The molecule has 1 heterocycles. The van der Waals surface area contributed by atoms with Crippen molar-refractivity contribution in [3.8, 4) is 0 Å². The van der Waals surface area contributed by atoms with Crippen molar-refractivity contribution >= 4 is 0 Å². The third-order valence-corrected chi connectivity index (χ3v) is 2.11. The third-order valence-electron chi connectivity index (χ3n) is 2.11. The summed E-state index contributed by atoms with van der Waals surface area (Å²) >= 11 is 0. The number of rotatable bonds is 5. The van der Waals surface area contributed by atoms with Crippen LogP contribution in [0.15, 0.2) is 18.3 Å². The zero-order valence-corrected chi connectivity index (χ0v) is 9.08. The molecular formula is C11H18N2O. The quantitative estimate of drug-likeness (QED) is 0.771. The van der Waals surface area contributed by atoms with Crippen LogP contribution in [0.25, 0.3) is 0 Å². The fourth-order valence-corrected chi connectivity index (χ4v) is 1.09. The first kappa shape index (κ1) is 11.1. The van der Waals surface area contributed by atoms with Crippen LogP contribution in [-0.4, -0.2) is 24.7 Å². The first-order chi connectivity index (χ1) is 6.72. The highest BCUT2D eigenvalue weighted by Crippen LogP contribution is 1.97. The fourth-order valence-electron chi connectivity index (χ4n) is 1.09. The Morgan fingerprint density at radius 1 is 1.50 bits per heavy atom. The molecule has 0 aromatic carbocycles. The largest absolute Gasteiger partial charge is 0.380 e. The SMILES string of the molecule is COC(C)CNCc1ccc(C)cn1. The van der Waals surface area contributed by atoms with Gasteiger partial charge < -0.3 is 10.1 Å². The van der Waals surface area contributed by atoms with E-state index in [9.17, 15) is 0 Å². The molecule has 1 unspecified atom stereocenters. The lowest BCUT2D eigenvalue weighted by Crippen LogP contribution is -2.25. The predicted molar refractivity (Wildman–Crippen MR) is 57.2 cm³/mol. The van der Waals surface area contributed by atoms with Crippen LogP contribution < -0.4 is 5.32 Å². The van der Waals surface area contributed by atoms with Crippen molar-refractivity contribution in [2.45, 2.75) is 26.5 Å². The molecule has 0 spiro atoms. The molecule has 0 saturated heterocycles. The molecular weight excluding hydrogens is 176 g/mol. The van der Waals surface area contributed by atoms with E-state index in [0.717, 1.165) is 18.8 Å². The first-order valence-corrected chi connectivity index (χ1v) is 4.87. The van der Waals surface area contributed by atoms with Crippen molar-refractivity contribution in [3.63, 3.8) is 0 Å². The topological polar surface area (TPSA) is 34.1 Å². The maximum atomic E-state index is 5.12. The summed E-state index contributed by atoms with van der Waals surface area (Å²) in [6.45, 7) is 5.73. The zero-order valence-electron chi connectivity index (χ0n) is 9.08. The van der Waals surface area contributed by atoms with Gasteiger partial charge in [0.05, 0.1) is 11.8 Å². The number of hydrogen-bond donors (Lipinski definition) is 1. The summed E-state index contributed by atoms with van der Waals surface area (Å²) < 4.78 is 5.12. The maximum absolute atomic E-state index is 5.12. The predicted octanol–water partition coefficient (Wildman–Crippen LogP) is 1.51. The van der Waals surface area contributed by atoms with Gasteiger partial charge in [-0.2, -0.15) is 0 Å². The number of aromatic nitrogens is 1. The van der Waals surface area contributed by atoms with Crippen LogP contribution in [0.3, 0.4) is 0 Å². The van der Waals surface area contributed by atoms with Gasteiger partial charge in [-0.25, -0.2) is 0 Å². The average molecular weight is 194 g/mol. The molecule has 0 aliphatic rings. The number of hydrogen-bond acceptors (Lipinski definition) is 3. The van der Waals surface area contributed by atoms with E-state index in [1.807, 2.05) is 26.1 Å². The second-order valence-corrected chi connectivity index (χ2v) is 3.50. The summed E-state index contributed by atoms with van der Waals surface area (Å²) in [6, 6.07) is 4.11. The first-order valence-electron chi connectivity index (χ1n) is 4.87. The van der Waals surface area contributed by atoms with Gasteiger partial charge in [-0.3, -0.25) is 4.98 Å². The van der Waals surface area contributed by atoms with E-state index in [4.69, 9.17) is 4.74 Å². The Kier molecular flexibility index (Phi) is 4.56. The van der Waals surface area contributed by atoms with Gasteiger partial charge in [0.15, 0.2) is 0 Å². The van der Waals surface area contributed by atoms with Crippen molar-refractivity contribution in [2.24, 2.45) is 0 Å². The summed E-state index contributed by atoms with van der Waals surface area (Å²) in [4.78, 5) is 4.30. The molecule has 0 saturated carbocycles. The van der Waals surface area contributed by atoms with Crippen LogP contribution in [0.2, 0.25) is 0 Å². The Hall–Kier alpha value is -0.930. The highest BCUT2D eigenvalue weighted by atomic mass is 16.5. The normalized spacial score (nSPS) is 12.8. The van der Waals surface area contributed by atoms with Gasteiger partial charge >= 0.3 is 0 Å². The lowest BCUT2D eigenvalue weighted by molar-refractivity contribution is 0.117. The minimum Gasteiger partial charge on any atom is -0.380 e. The molecule has 3 nitrogen and oxygen atoms in total. The maximum Gasteiger partial charge on any atom is 0.0667 e. The van der Waals surface area contributed by atoms with Crippen LogP contribution in [0.5, 0.6) is 0 Å². The molecule has 0 aliphatic heterocycles. The zero-order chi connectivity index (χ0) is 10.4. The number of nitrogens with zero attached hydrogens (tertiary/aromatic N) is 1. The number of pyridine rings is 1. The average Bonchev–Trinajstić information content (AvgIpc) is 2.21. The Labute approximate surface area is 85.5 Å². The lowest BCUT2D eigenvalue weighted by atomic mass is 10.3. The van der Waals surface area contributed by atoms with Gasteiger partial charge in [0.2, 0.25) is 0 Å². The molecule has 1 aromatic rings. The molecule has 0 bridgehead atoms. The van der Waals surface area contributed by atoms with Crippen LogP contribution in [0.1, 0.15) is 18.2 Å². The van der Waals surface area contributed by atoms with Gasteiger partial charge in [-0.15, -0.1) is 0 Å². The number of nitrogens with one attached hydrogen (secondary N) is 1. The monoisotopic (exact) mass is 194 g/mol. The van der Waals surface area contributed by atoms with Crippen molar-refractivity contribution in [1.29, 1.82) is 0 Å². The molecule has 1 atom stereocenters. The summed E-state index contributed by atoms with van der Waals surface area (Å²) in [5.41, 5.74) is 2.26. The Bertz CT molecular complexity index is 258. The summed E-state index contributed by atoms with van der Waals surface area (Å²) in [6.07, 6.45) is 2.14. The minimum atomic E-state index is 0.250. The number of methoxy groups -OCH3 is 1. The second kappa shape index (κ2) is 5.73.